The molecule has 0 unspecified atom stereocenters. The monoisotopic (exact) mass is 341 g/mol. The maximum absolute atomic E-state index is 12.1. The third-order valence-corrected chi connectivity index (χ3v) is 3.59. The van der Waals surface area contributed by atoms with Crippen LogP contribution >= 0.6 is 11.6 Å². The van der Waals surface area contributed by atoms with Gasteiger partial charge in [-0.2, -0.15) is 5.10 Å². The van der Waals surface area contributed by atoms with Crippen molar-refractivity contribution in [3.05, 3.63) is 77.6 Å². The van der Waals surface area contributed by atoms with E-state index >= 15 is 0 Å². The standard InChI is InChI=1S/C18H16ClN3O2/c19-15-6-8-17(9-7-15)24-11-10-20-18(23)14-12-21-22(13-14)16-4-2-1-3-5-16/h1-9,12-13H,10-11H2,(H,20,23). The number of ether oxygens (including phenoxy) is 1. The summed E-state index contributed by atoms with van der Waals surface area (Å²) in [6.45, 7) is 0.776. The Labute approximate surface area is 144 Å². The minimum absolute atomic E-state index is 0.183. The first-order valence-electron chi connectivity index (χ1n) is 7.49. The number of hydrogen-bond acceptors (Lipinski definition) is 3. The quantitative estimate of drug-likeness (QED) is 0.700. The number of rotatable bonds is 6. The van der Waals surface area contributed by atoms with Crippen molar-refractivity contribution in [2.75, 3.05) is 13.2 Å². The number of carbonyl (C=O) groups excluding carboxylic acids is 1. The van der Waals surface area contributed by atoms with Gasteiger partial charge in [0.15, 0.2) is 0 Å². The van der Waals surface area contributed by atoms with Crippen LogP contribution in [0.3, 0.4) is 0 Å². The van der Waals surface area contributed by atoms with Gasteiger partial charge in [-0.1, -0.05) is 29.8 Å². The molecule has 0 saturated carbocycles. The average molecular weight is 342 g/mol. The van der Waals surface area contributed by atoms with Crippen LogP contribution < -0.4 is 10.1 Å². The van der Waals surface area contributed by atoms with Gasteiger partial charge in [-0.05, 0) is 36.4 Å². The van der Waals surface area contributed by atoms with Crippen LogP contribution in [0.4, 0.5) is 0 Å². The third-order valence-electron chi connectivity index (χ3n) is 3.34. The Morgan fingerprint density at radius 1 is 1.12 bits per heavy atom. The molecule has 3 aromatic rings. The van der Waals surface area contributed by atoms with E-state index in [2.05, 4.69) is 10.4 Å². The summed E-state index contributed by atoms with van der Waals surface area (Å²) in [5.41, 5.74) is 1.41. The van der Waals surface area contributed by atoms with Crippen molar-refractivity contribution in [3.8, 4) is 11.4 Å². The minimum atomic E-state index is -0.183. The molecule has 1 aromatic heterocycles. The molecule has 1 N–H and O–H groups in total. The van der Waals surface area contributed by atoms with Crippen LogP contribution in [0.25, 0.3) is 5.69 Å². The molecule has 0 spiro atoms. The second-order valence-corrected chi connectivity index (χ2v) is 5.50. The van der Waals surface area contributed by atoms with E-state index < -0.39 is 0 Å². The molecule has 6 heteroatoms. The highest BCUT2D eigenvalue weighted by Gasteiger charge is 2.08. The number of benzene rings is 2. The summed E-state index contributed by atoms with van der Waals surface area (Å²) in [6, 6.07) is 16.7. The van der Waals surface area contributed by atoms with Gasteiger partial charge < -0.3 is 10.1 Å². The summed E-state index contributed by atoms with van der Waals surface area (Å²) < 4.78 is 7.19. The van der Waals surface area contributed by atoms with Crippen LogP contribution in [-0.2, 0) is 0 Å². The summed E-state index contributed by atoms with van der Waals surface area (Å²) in [7, 11) is 0. The molecular formula is C18H16ClN3O2. The lowest BCUT2D eigenvalue weighted by molar-refractivity contribution is 0.0947. The molecule has 122 valence electrons. The smallest absolute Gasteiger partial charge is 0.254 e. The van der Waals surface area contributed by atoms with Gasteiger partial charge in [-0.15, -0.1) is 0 Å². The van der Waals surface area contributed by atoms with Crippen LogP contribution in [0.2, 0.25) is 5.02 Å². The number of amides is 1. The lowest BCUT2D eigenvalue weighted by atomic mass is 10.3. The number of halogens is 1. The number of para-hydroxylation sites is 1. The van der Waals surface area contributed by atoms with Crippen molar-refractivity contribution in [1.29, 1.82) is 0 Å². The van der Waals surface area contributed by atoms with Gasteiger partial charge in [0, 0.05) is 11.2 Å². The molecule has 5 nitrogen and oxygen atoms in total. The first-order chi connectivity index (χ1) is 11.7. The molecule has 0 radical (unpaired) electrons. The molecule has 1 heterocycles. The maximum atomic E-state index is 12.1. The third kappa shape index (κ3) is 4.14. The Hall–Kier alpha value is -2.79. The number of nitrogens with one attached hydrogen (secondary N) is 1. The molecule has 0 saturated heterocycles. The zero-order valence-corrected chi connectivity index (χ0v) is 13.6. The molecule has 0 atom stereocenters. The predicted molar refractivity (Wildman–Crippen MR) is 92.8 cm³/mol. The van der Waals surface area contributed by atoms with Gasteiger partial charge in [0.1, 0.15) is 12.4 Å². The van der Waals surface area contributed by atoms with Crippen molar-refractivity contribution in [3.63, 3.8) is 0 Å². The largest absolute Gasteiger partial charge is 0.492 e. The fourth-order valence-corrected chi connectivity index (χ4v) is 2.25. The lowest BCUT2D eigenvalue weighted by Gasteiger charge is -2.07. The molecule has 2 aromatic carbocycles. The van der Waals surface area contributed by atoms with Crippen LogP contribution in [0.1, 0.15) is 10.4 Å². The van der Waals surface area contributed by atoms with E-state index in [1.165, 1.54) is 0 Å². The number of aromatic nitrogens is 2. The Bertz CT molecular complexity index is 801. The van der Waals surface area contributed by atoms with E-state index in [-0.39, 0.29) is 5.91 Å². The van der Waals surface area contributed by atoms with E-state index in [1.807, 2.05) is 30.3 Å². The average Bonchev–Trinajstić information content (AvgIpc) is 3.11. The molecule has 0 aliphatic carbocycles. The maximum Gasteiger partial charge on any atom is 0.254 e. The van der Waals surface area contributed by atoms with E-state index in [4.69, 9.17) is 16.3 Å². The van der Waals surface area contributed by atoms with Gasteiger partial charge >= 0.3 is 0 Å². The van der Waals surface area contributed by atoms with Crippen molar-refractivity contribution >= 4 is 17.5 Å². The van der Waals surface area contributed by atoms with E-state index in [0.29, 0.717) is 29.5 Å². The van der Waals surface area contributed by atoms with E-state index in [1.54, 1.807) is 41.3 Å². The number of hydrogen-bond donors (Lipinski definition) is 1. The number of nitrogens with zero attached hydrogens (tertiary/aromatic N) is 2. The molecule has 24 heavy (non-hydrogen) atoms. The van der Waals surface area contributed by atoms with Crippen molar-refractivity contribution < 1.29 is 9.53 Å². The highest BCUT2D eigenvalue weighted by Crippen LogP contribution is 2.15. The Balaban J connectivity index is 1.49. The van der Waals surface area contributed by atoms with Crippen LogP contribution in [-0.4, -0.2) is 28.8 Å². The van der Waals surface area contributed by atoms with Gasteiger partial charge in [0.05, 0.1) is 24.0 Å². The Kier molecular flexibility index (Phi) is 5.13. The molecule has 0 bridgehead atoms. The summed E-state index contributed by atoms with van der Waals surface area (Å²) >= 11 is 5.81. The molecule has 0 aliphatic rings. The fourth-order valence-electron chi connectivity index (χ4n) is 2.13. The normalized spacial score (nSPS) is 10.4. The second kappa shape index (κ2) is 7.66. The van der Waals surface area contributed by atoms with Crippen molar-refractivity contribution in [1.82, 2.24) is 15.1 Å². The molecule has 3 rings (SSSR count). The molecule has 1 amide bonds. The highest BCUT2D eigenvalue weighted by atomic mass is 35.5. The van der Waals surface area contributed by atoms with Crippen molar-refractivity contribution in [2.24, 2.45) is 0 Å². The Morgan fingerprint density at radius 3 is 2.62 bits per heavy atom. The van der Waals surface area contributed by atoms with Crippen LogP contribution in [0.5, 0.6) is 5.75 Å². The minimum Gasteiger partial charge on any atom is -0.492 e. The SMILES string of the molecule is O=C(NCCOc1ccc(Cl)cc1)c1cnn(-c2ccccc2)c1. The van der Waals surface area contributed by atoms with Crippen molar-refractivity contribution in [2.45, 2.75) is 0 Å². The zero-order chi connectivity index (χ0) is 16.8. The first kappa shape index (κ1) is 16.1. The Morgan fingerprint density at radius 2 is 1.88 bits per heavy atom. The van der Waals surface area contributed by atoms with E-state index in [0.717, 1.165) is 5.69 Å². The summed E-state index contributed by atoms with van der Waals surface area (Å²) in [5.74, 6) is 0.530. The van der Waals surface area contributed by atoms with Crippen LogP contribution in [0.15, 0.2) is 67.0 Å². The predicted octanol–water partition coefficient (Wildman–Crippen LogP) is 3.33. The number of carbonyl (C=O) groups is 1. The molecule has 0 aliphatic heterocycles. The molecular weight excluding hydrogens is 326 g/mol. The first-order valence-corrected chi connectivity index (χ1v) is 7.87. The summed E-state index contributed by atoms with van der Waals surface area (Å²) in [6.07, 6.45) is 3.24. The summed E-state index contributed by atoms with van der Waals surface area (Å²) in [4.78, 5) is 12.1. The van der Waals surface area contributed by atoms with Gasteiger partial charge in [0.2, 0.25) is 0 Å². The lowest BCUT2D eigenvalue weighted by Crippen LogP contribution is -2.27. The van der Waals surface area contributed by atoms with Gasteiger partial charge in [-0.25, -0.2) is 4.68 Å². The highest BCUT2D eigenvalue weighted by molar-refractivity contribution is 6.30. The summed E-state index contributed by atoms with van der Waals surface area (Å²) in [5, 5.41) is 7.66. The van der Waals surface area contributed by atoms with Gasteiger partial charge in [-0.3, -0.25) is 4.79 Å². The fraction of sp³-hybridized carbons (Fsp3) is 0.111. The topological polar surface area (TPSA) is 56.1 Å². The molecule has 0 fully saturated rings. The van der Waals surface area contributed by atoms with E-state index in [9.17, 15) is 4.79 Å². The van der Waals surface area contributed by atoms with Gasteiger partial charge in [0.25, 0.3) is 5.91 Å². The van der Waals surface area contributed by atoms with Crippen LogP contribution in [0, 0.1) is 0 Å². The zero-order valence-electron chi connectivity index (χ0n) is 12.9. The second-order valence-electron chi connectivity index (χ2n) is 5.07.